The summed E-state index contributed by atoms with van der Waals surface area (Å²) in [6.07, 6.45) is 0. The summed E-state index contributed by atoms with van der Waals surface area (Å²) >= 11 is 0. The number of aliphatic carboxylic acids is 5. The number of carbonyl (C=O) groups is 5. The fraction of sp³-hybridized carbons (Fsp3) is 0.500. The Balaban J connectivity index is -0.0000000250. The molecular formula is C10H16CaMgO10. The van der Waals surface area contributed by atoms with Gasteiger partial charge in [0.25, 0.3) is 5.97 Å². The average molecular weight is 361 g/mol. The second-order valence-electron chi connectivity index (χ2n) is 2.49. The van der Waals surface area contributed by atoms with E-state index in [1.54, 1.807) is 0 Å². The van der Waals surface area contributed by atoms with Gasteiger partial charge in [0.2, 0.25) is 0 Å². The first kappa shape index (κ1) is 42.9. The normalized spacial score (nSPS) is 5.68. The van der Waals surface area contributed by atoms with Crippen LogP contribution in [-0.2, 0) is 24.0 Å². The van der Waals surface area contributed by atoms with Crippen LogP contribution < -0.4 is 20.4 Å². The van der Waals surface area contributed by atoms with E-state index in [1.165, 1.54) is 0 Å². The van der Waals surface area contributed by atoms with Crippen LogP contribution in [0.4, 0.5) is 0 Å². The molecule has 120 valence electrons. The number of hydrogen-bond acceptors (Lipinski definition) is 9. The van der Waals surface area contributed by atoms with E-state index < -0.39 is 29.8 Å². The predicted molar refractivity (Wildman–Crippen MR) is 67.5 cm³/mol. The summed E-state index contributed by atoms with van der Waals surface area (Å²) < 4.78 is 0. The van der Waals surface area contributed by atoms with Gasteiger partial charge in [-0.25, -0.2) is 0 Å². The summed E-state index contributed by atoms with van der Waals surface area (Å²) in [7, 11) is 0. The van der Waals surface area contributed by atoms with Crippen molar-refractivity contribution in [2.75, 3.05) is 0 Å². The number of hydrogen-bond donors (Lipinski definition) is 1. The molecule has 12 heteroatoms. The zero-order chi connectivity index (χ0) is 17.9. The molecule has 0 rings (SSSR count). The Hall–Kier alpha value is -0.624. The van der Waals surface area contributed by atoms with Crippen molar-refractivity contribution < 1.29 is 49.5 Å². The number of carboxylic acids is 5. The third-order valence-electron chi connectivity index (χ3n) is 0. The van der Waals surface area contributed by atoms with Crippen molar-refractivity contribution in [3.63, 3.8) is 0 Å². The van der Waals surface area contributed by atoms with E-state index >= 15 is 0 Å². The van der Waals surface area contributed by atoms with Gasteiger partial charge in [0.15, 0.2) is 0 Å². The molecule has 0 fully saturated rings. The van der Waals surface area contributed by atoms with Gasteiger partial charge in [0, 0.05) is 30.8 Å². The van der Waals surface area contributed by atoms with E-state index in [0.29, 0.717) is 0 Å². The molecule has 0 aliphatic rings. The van der Waals surface area contributed by atoms with Gasteiger partial charge in [-0.15, -0.1) is 0 Å². The van der Waals surface area contributed by atoms with Crippen LogP contribution >= 0.6 is 0 Å². The number of carboxylic acid groups (broad SMARTS) is 5. The molecule has 0 radical (unpaired) electrons. The van der Waals surface area contributed by atoms with Gasteiger partial charge in [-0.1, -0.05) is 0 Å². The predicted octanol–water partition coefficient (Wildman–Crippen LogP) is -5.65. The smallest absolute Gasteiger partial charge is 0.550 e. The van der Waals surface area contributed by atoms with Crippen molar-refractivity contribution in [1.29, 1.82) is 0 Å². The molecule has 10 nitrogen and oxygen atoms in total. The maximum Gasteiger partial charge on any atom is 2.00 e. The quantitative estimate of drug-likeness (QED) is 0.406. The fourth-order valence-electron chi connectivity index (χ4n) is 0. The van der Waals surface area contributed by atoms with Crippen molar-refractivity contribution in [1.82, 2.24) is 0 Å². The summed E-state index contributed by atoms with van der Waals surface area (Å²) in [5.41, 5.74) is 0. The van der Waals surface area contributed by atoms with E-state index in [-0.39, 0.29) is 60.8 Å². The van der Waals surface area contributed by atoms with Gasteiger partial charge in [-0.05, 0) is 27.7 Å². The average Bonchev–Trinajstić information content (AvgIpc) is 1.94. The zero-order valence-corrected chi connectivity index (χ0v) is 16.7. The molecule has 0 bridgehead atoms. The number of rotatable bonds is 0. The Morgan fingerprint density at radius 3 is 0.591 bits per heavy atom. The van der Waals surface area contributed by atoms with Gasteiger partial charge in [-0.3, -0.25) is 4.79 Å². The van der Waals surface area contributed by atoms with Crippen LogP contribution in [0, 0.1) is 0 Å². The molecular weight excluding hydrogens is 344 g/mol. The molecule has 0 saturated heterocycles. The van der Waals surface area contributed by atoms with Crippen molar-refractivity contribution in [2.24, 2.45) is 0 Å². The topological polar surface area (TPSA) is 198 Å². The van der Waals surface area contributed by atoms with E-state index in [4.69, 9.17) is 49.5 Å². The molecule has 0 aliphatic carbocycles. The molecule has 0 saturated carbocycles. The molecule has 1 N–H and O–H groups in total. The summed E-state index contributed by atoms with van der Waals surface area (Å²) in [5, 5.41) is 43.0. The van der Waals surface area contributed by atoms with E-state index in [9.17, 15) is 0 Å². The third kappa shape index (κ3) is 16800. The minimum Gasteiger partial charge on any atom is -0.550 e. The first-order valence-corrected chi connectivity index (χ1v) is 4.56. The Labute approximate surface area is 173 Å². The summed E-state index contributed by atoms with van der Waals surface area (Å²) in [6, 6.07) is 0. The molecule has 0 heterocycles. The minimum atomic E-state index is -1.08. The fourth-order valence-corrected chi connectivity index (χ4v) is 0. The van der Waals surface area contributed by atoms with E-state index in [0.717, 1.165) is 34.6 Å². The standard InChI is InChI=1S/5C2H4O2.Ca.Mg/c5*1-2(3)4;;/h5*1H3,(H,3,4);;/q;;;;;2*+2/p-4. The largest absolute Gasteiger partial charge is 2.00 e. The zero-order valence-electron chi connectivity index (χ0n) is 13.0. The second-order valence-corrected chi connectivity index (χ2v) is 2.49. The monoisotopic (exact) mass is 360 g/mol. The summed E-state index contributed by atoms with van der Waals surface area (Å²) in [6.45, 7) is 4.97. The van der Waals surface area contributed by atoms with Gasteiger partial charge < -0.3 is 44.7 Å². The van der Waals surface area contributed by atoms with Gasteiger partial charge >= 0.3 is 60.8 Å². The van der Waals surface area contributed by atoms with E-state index in [2.05, 4.69) is 0 Å². The van der Waals surface area contributed by atoms with Crippen molar-refractivity contribution >= 4 is 90.6 Å². The van der Waals surface area contributed by atoms with Crippen molar-refractivity contribution in [3.05, 3.63) is 0 Å². The van der Waals surface area contributed by atoms with Gasteiger partial charge in [0.1, 0.15) is 0 Å². The minimum absolute atomic E-state index is 0. The van der Waals surface area contributed by atoms with Gasteiger partial charge in [0.05, 0.1) is 0 Å². The summed E-state index contributed by atoms with van der Waals surface area (Å²) in [5.74, 6) is -5.17. The first-order valence-electron chi connectivity index (χ1n) is 4.56. The van der Waals surface area contributed by atoms with Crippen LogP contribution in [0.3, 0.4) is 0 Å². The molecule has 0 aromatic heterocycles. The molecule has 0 atom stereocenters. The molecule has 0 aliphatic heterocycles. The SMILES string of the molecule is CC(=O)O.CC(=O)[O-].CC(=O)[O-].CC(=O)[O-].CC(=O)[O-].[Ca+2].[Mg+2]. The van der Waals surface area contributed by atoms with Crippen LogP contribution in [0.25, 0.3) is 0 Å². The second kappa shape index (κ2) is 37.0. The van der Waals surface area contributed by atoms with Crippen LogP contribution in [0.1, 0.15) is 34.6 Å². The Bertz CT molecular complexity index is 216. The molecule has 22 heavy (non-hydrogen) atoms. The Morgan fingerprint density at radius 1 is 0.591 bits per heavy atom. The van der Waals surface area contributed by atoms with Crippen molar-refractivity contribution in [2.45, 2.75) is 34.6 Å². The Morgan fingerprint density at radius 2 is 0.591 bits per heavy atom. The van der Waals surface area contributed by atoms with E-state index in [1.807, 2.05) is 0 Å². The molecule has 0 spiro atoms. The molecule has 0 amide bonds. The maximum atomic E-state index is 9.00. The van der Waals surface area contributed by atoms with Crippen LogP contribution in [0.2, 0.25) is 0 Å². The maximum absolute atomic E-state index is 9.00. The Kier molecular flexibility index (Phi) is 72.2. The summed E-state index contributed by atoms with van der Waals surface area (Å²) in [4.78, 5) is 44.6. The van der Waals surface area contributed by atoms with Crippen LogP contribution in [0.15, 0.2) is 0 Å². The van der Waals surface area contributed by atoms with Crippen molar-refractivity contribution in [3.8, 4) is 0 Å². The third-order valence-corrected chi connectivity index (χ3v) is 0. The molecule has 0 unspecified atom stereocenters. The molecule has 0 aromatic rings. The van der Waals surface area contributed by atoms with Crippen LogP contribution in [-0.4, -0.2) is 95.7 Å². The molecule has 0 aromatic carbocycles. The number of carbonyl (C=O) groups excluding carboxylic acids is 4. The van der Waals surface area contributed by atoms with Crippen LogP contribution in [0.5, 0.6) is 0 Å². The van der Waals surface area contributed by atoms with Gasteiger partial charge in [-0.2, -0.15) is 0 Å². The first-order chi connectivity index (χ1) is 8.66.